The summed E-state index contributed by atoms with van der Waals surface area (Å²) in [5, 5.41) is 0. The fourth-order valence-corrected chi connectivity index (χ4v) is 3.31. The molecule has 0 saturated carbocycles. The maximum Gasteiger partial charge on any atom is 0.160 e. The van der Waals surface area contributed by atoms with Gasteiger partial charge in [-0.15, -0.1) is 0 Å². The molecule has 0 radical (unpaired) electrons. The van der Waals surface area contributed by atoms with Crippen LogP contribution in [0.4, 0.5) is 0 Å². The third-order valence-electron chi connectivity index (χ3n) is 4.98. The van der Waals surface area contributed by atoms with Gasteiger partial charge in [0.2, 0.25) is 0 Å². The van der Waals surface area contributed by atoms with Crippen molar-refractivity contribution < 1.29 is 9.47 Å². The minimum absolute atomic E-state index is 0.764. The van der Waals surface area contributed by atoms with Crippen LogP contribution >= 0.6 is 0 Å². The summed E-state index contributed by atoms with van der Waals surface area (Å²) >= 11 is 0. The highest BCUT2D eigenvalue weighted by Gasteiger charge is 2.11. The number of hydrogen-bond acceptors (Lipinski definition) is 4. The molecule has 1 aromatic heterocycles. The van der Waals surface area contributed by atoms with E-state index in [0.717, 1.165) is 37.6 Å². The lowest BCUT2D eigenvalue weighted by atomic mass is 10.1. The molecule has 0 amide bonds. The van der Waals surface area contributed by atoms with Crippen LogP contribution in [0.2, 0.25) is 0 Å². The predicted octanol–water partition coefficient (Wildman–Crippen LogP) is 4.65. The topological polar surface area (TPSA) is 34.6 Å². The zero-order chi connectivity index (χ0) is 19.8. The van der Waals surface area contributed by atoms with E-state index in [1.165, 1.54) is 22.3 Å². The van der Waals surface area contributed by atoms with E-state index < -0.39 is 0 Å². The van der Waals surface area contributed by atoms with Gasteiger partial charge in [0, 0.05) is 32.0 Å². The van der Waals surface area contributed by atoms with Gasteiger partial charge in [0.05, 0.1) is 14.2 Å². The Morgan fingerprint density at radius 1 is 0.821 bits per heavy atom. The monoisotopic (exact) mass is 376 g/mol. The van der Waals surface area contributed by atoms with Gasteiger partial charge in [0.1, 0.15) is 0 Å². The van der Waals surface area contributed by atoms with Crippen molar-refractivity contribution in [3.63, 3.8) is 0 Å². The molecule has 0 saturated heterocycles. The Morgan fingerprint density at radius 2 is 1.57 bits per heavy atom. The number of hydrogen-bond donors (Lipinski definition) is 0. The van der Waals surface area contributed by atoms with Crippen molar-refractivity contribution >= 4 is 0 Å². The fraction of sp³-hybridized carbons (Fsp3) is 0.292. The zero-order valence-electron chi connectivity index (χ0n) is 16.9. The molecule has 0 bridgehead atoms. The summed E-state index contributed by atoms with van der Waals surface area (Å²) in [6, 6.07) is 18.9. The van der Waals surface area contributed by atoms with Crippen LogP contribution < -0.4 is 9.47 Å². The molecule has 28 heavy (non-hydrogen) atoms. The van der Waals surface area contributed by atoms with Gasteiger partial charge in [0.15, 0.2) is 11.5 Å². The predicted molar refractivity (Wildman–Crippen MR) is 113 cm³/mol. The number of pyridine rings is 1. The van der Waals surface area contributed by atoms with Crippen molar-refractivity contribution in [2.75, 3.05) is 20.8 Å². The second-order valence-electron chi connectivity index (χ2n) is 6.93. The summed E-state index contributed by atoms with van der Waals surface area (Å²) < 4.78 is 10.8. The largest absolute Gasteiger partial charge is 0.493 e. The smallest absolute Gasteiger partial charge is 0.160 e. The normalized spacial score (nSPS) is 10.9. The number of rotatable bonds is 9. The van der Waals surface area contributed by atoms with E-state index in [-0.39, 0.29) is 0 Å². The van der Waals surface area contributed by atoms with Crippen molar-refractivity contribution in [1.29, 1.82) is 0 Å². The van der Waals surface area contributed by atoms with Crippen LogP contribution in [-0.4, -0.2) is 30.6 Å². The minimum atomic E-state index is 0.764. The van der Waals surface area contributed by atoms with Crippen LogP contribution in [0.1, 0.15) is 22.3 Å². The average molecular weight is 377 g/mol. The van der Waals surface area contributed by atoms with Crippen LogP contribution in [0.5, 0.6) is 11.5 Å². The van der Waals surface area contributed by atoms with E-state index in [4.69, 9.17) is 9.47 Å². The van der Waals surface area contributed by atoms with E-state index in [9.17, 15) is 0 Å². The molecule has 0 aliphatic heterocycles. The molecule has 0 unspecified atom stereocenters. The van der Waals surface area contributed by atoms with E-state index in [0.29, 0.717) is 0 Å². The number of nitrogens with zero attached hydrogens (tertiary/aromatic N) is 2. The molecule has 0 N–H and O–H groups in total. The second kappa shape index (κ2) is 9.90. The summed E-state index contributed by atoms with van der Waals surface area (Å²) in [4.78, 5) is 6.62. The van der Waals surface area contributed by atoms with E-state index >= 15 is 0 Å². The van der Waals surface area contributed by atoms with Crippen molar-refractivity contribution in [3.05, 3.63) is 89.2 Å². The van der Waals surface area contributed by atoms with Crippen LogP contribution in [0.15, 0.2) is 67.0 Å². The molecule has 0 aliphatic rings. The molecule has 0 atom stereocenters. The first-order chi connectivity index (χ1) is 13.7. The van der Waals surface area contributed by atoms with Crippen LogP contribution in [-0.2, 0) is 19.5 Å². The minimum Gasteiger partial charge on any atom is -0.493 e. The van der Waals surface area contributed by atoms with Crippen LogP contribution in [0, 0.1) is 6.92 Å². The summed E-state index contributed by atoms with van der Waals surface area (Å²) in [5.41, 5.74) is 5.20. The molecule has 4 nitrogen and oxygen atoms in total. The molecule has 2 aromatic carbocycles. The van der Waals surface area contributed by atoms with E-state index in [1.54, 1.807) is 14.2 Å². The highest BCUT2D eigenvalue weighted by atomic mass is 16.5. The van der Waals surface area contributed by atoms with Gasteiger partial charge < -0.3 is 9.47 Å². The molecular weight excluding hydrogens is 348 g/mol. The first kappa shape index (κ1) is 19.9. The molecule has 4 heteroatoms. The van der Waals surface area contributed by atoms with Crippen molar-refractivity contribution in [2.24, 2.45) is 0 Å². The van der Waals surface area contributed by atoms with Crippen molar-refractivity contribution in [3.8, 4) is 11.5 Å². The summed E-state index contributed by atoms with van der Waals surface area (Å²) in [6.45, 7) is 4.94. The van der Waals surface area contributed by atoms with Gasteiger partial charge in [0.25, 0.3) is 0 Å². The van der Waals surface area contributed by atoms with E-state index in [2.05, 4.69) is 65.3 Å². The lowest BCUT2D eigenvalue weighted by Crippen LogP contribution is -2.25. The Balaban J connectivity index is 1.74. The number of ether oxygens (including phenoxy) is 2. The maximum atomic E-state index is 5.45. The summed E-state index contributed by atoms with van der Waals surface area (Å²) in [5.74, 6) is 1.54. The molecule has 0 aliphatic carbocycles. The van der Waals surface area contributed by atoms with Crippen LogP contribution in [0.25, 0.3) is 0 Å². The Hall–Kier alpha value is -2.85. The van der Waals surface area contributed by atoms with Gasteiger partial charge in [-0.05, 0) is 59.9 Å². The van der Waals surface area contributed by atoms with Gasteiger partial charge in [-0.1, -0.05) is 30.3 Å². The van der Waals surface area contributed by atoms with Gasteiger partial charge in [-0.2, -0.15) is 0 Å². The third-order valence-corrected chi connectivity index (χ3v) is 4.98. The first-order valence-electron chi connectivity index (χ1n) is 9.56. The van der Waals surface area contributed by atoms with Gasteiger partial charge in [-0.3, -0.25) is 9.88 Å². The molecular formula is C24H28N2O2. The third kappa shape index (κ3) is 5.33. The van der Waals surface area contributed by atoms with Crippen molar-refractivity contribution in [2.45, 2.75) is 26.4 Å². The lowest BCUT2D eigenvalue weighted by molar-refractivity contribution is 0.259. The fourth-order valence-electron chi connectivity index (χ4n) is 3.31. The van der Waals surface area contributed by atoms with Gasteiger partial charge >= 0.3 is 0 Å². The number of methoxy groups -OCH3 is 2. The average Bonchev–Trinajstić information content (AvgIpc) is 2.74. The molecule has 146 valence electrons. The second-order valence-corrected chi connectivity index (χ2v) is 6.93. The van der Waals surface area contributed by atoms with E-state index in [1.807, 2.05) is 18.5 Å². The Bertz CT molecular complexity index is 881. The highest BCUT2D eigenvalue weighted by Crippen LogP contribution is 2.28. The maximum absolute atomic E-state index is 5.45. The quantitative estimate of drug-likeness (QED) is 0.544. The number of aryl methyl sites for hydroxylation is 1. The highest BCUT2D eigenvalue weighted by molar-refractivity contribution is 5.43. The number of aromatic nitrogens is 1. The summed E-state index contributed by atoms with van der Waals surface area (Å²) in [7, 11) is 3.34. The van der Waals surface area contributed by atoms with Crippen LogP contribution in [0.3, 0.4) is 0 Å². The molecule has 0 fully saturated rings. The molecule has 0 spiro atoms. The SMILES string of the molecule is COc1ccc(CCN(Cc2ccncc2)Cc2ccccc2C)cc1OC. The zero-order valence-corrected chi connectivity index (χ0v) is 16.9. The Labute approximate surface area is 167 Å². The standard InChI is InChI=1S/C24H28N2O2/c1-19-6-4-5-7-22(19)18-26(17-21-10-13-25-14-11-21)15-12-20-8-9-23(27-2)24(16-20)28-3/h4-11,13-14,16H,12,15,17-18H2,1-3H3. The summed E-state index contributed by atoms with van der Waals surface area (Å²) in [6.07, 6.45) is 4.66. The number of benzene rings is 2. The lowest BCUT2D eigenvalue weighted by Gasteiger charge is -2.24. The van der Waals surface area contributed by atoms with Crippen molar-refractivity contribution in [1.82, 2.24) is 9.88 Å². The Kier molecular flexibility index (Phi) is 7.04. The Morgan fingerprint density at radius 3 is 2.29 bits per heavy atom. The first-order valence-corrected chi connectivity index (χ1v) is 9.56. The molecule has 1 heterocycles. The molecule has 3 rings (SSSR count). The van der Waals surface area contributed by atoms with Gasteiger partial charge in [-0.25, -0.2) is 0 Å². The molecule has 3 aromatic rings.